The highest BCUT2D eigenvalue weighted by molar-refractivity contribution is 6.21. The van der Waals surface area contributed by atoms with E-state index in [1.807, 2.05) is 28.8 Å². The number of rotatable bonds is 5. The predicted molar refractivity (Wildman–Crippen MR) is 114 cm³/mol. The molecule has 0 spiro atoms. The molecule has 1 aromatic heterocycles. The van der Waals surface area contributed by atoms with Gasteiger partial charge in [0, 0.05) is 25.7 Å². The number of imidazole rings is 1. The summed E-state index contributed by atoms with van der Waals surface area (Å²) in [5.74, 6) is -0.374. The number of hydrogen-bond donors (Lipinski definition) is 1. The fraction of sp³-hybridized carbons (Fsp3) is 0.348. The summed E-state index contributed by atoms with van der Waals surface area (Å²) in [7, 11) is 0. The van der Waals surface area contributed by atoms with Gasteiger partial charge in [-0.15, -0.1) is 0 Å². The molecule has 3 heterocycles. The van der Waals surface area contributed by atoms with E-state index >= 15 is 0 Å². The highest BCUT2D eigenvalue weighted by Crippen LogP contribution is 2.26. The second-order valence-corrected chi connectivity index (χ2v) is 8.05. The lowest BCUT2D eigenvalue weighted by Crippen LogP contribution is -2.39. The van der Waals surface area contributed by atoms with Gasteiger partial charge in [-0.05, 0) is 50.1 Å². The number of H-pyrrole nitrogens is 1. The molecule has 5 rings (SSSR count). The number of imide groups is 1. The van der Waals surface area contributed by atoms with Gasteiger partial charge in [0.05, 0.1) is 22.2 Å². The topological polar surface area (TPSA) is 78.4 Å². The van der Waals surface area contributed by atoms with Crippen molar-refractivity contribution in [2.24, 2.45) is 0 Å². The van der Waals surface area contributed by atoms with E-state index in [-0.39, 0.29) is 23.5 Å². The number of para-hydroxylation sites is 2. The van der Waals surface area contributed by atoms with Crippen molar-refractivity contribution in [2.45, 2.75) is 25.3 Å². The molecular weight excluding hydrogens is 380 g/mol. The molecular formula is C23H24N4O3. The number of benzene rings is 2. The van der Waals surface area contributed by atoms with Crippen molar-refractivity contribution < 1.29 is 9.59 Å². The Bertz CT molecular complexity index is 1140. The van der Waals surface area contributed by atoms with Gasteiger partial charge in [0.15, 0.2) is 0 Å². The number of likely N-dealkylation sites (tertiary alicyclic amines) is 1. The molecule has 0 bridgehead atoms. The Hall–Kier alpha value is -3.19. The summed E-state index contributed by atoms with van der Waals surface area (Å²) in [5.41, 5.74) is 2.82. The van der Waals surface area contributed by atoms with Gasteiger partial charge in [0.25, 0.3) is 11.8 Å². The van der Waals surface area contributed by atoms with Crippen LogP contribution in [0.2, 0.25) is 0 Å². The molecule has 2 aliphatic heterocycles. The SMILES string of the molecule is O=C1c2ccccc2C(=O)N1CCCN1CCC(n2c(=O)[nH]c3ccccc32)CC1. The predicted octanol–water partition coefficient (Wildman–Crippen LogP) is 2.65. The van der Waals surface area contributed by atoms with Crippen molar-refractivity contribution in [3.63, 3.8) is 0 Å². The first kappa shape index (κ1) is 18.8. The lowest BCUT2D eigenvalue weighted by atomic mass is 10.0. The van der Waals surface area contributed by atoms with E-state index in [0.717, 1.165) is 49.9 Å². The van der Waals surface area contributed by atoms with E-state index in [1.54, 1.807) is 24.3 Å². The van der Waals surface area contributed by atoms with Gasteiger partial charge >= 0.3 is 5.69 Å². The number of carbonyl (C=O) groups excluding carboxylic acids is 2. The summed E-state index contributed by atoms with van der Waals surface area (Å²) in [6.07, 6.45) is 2.58. The smallest absolute Gasteiger partial charge is 0.306 e. The molecule has 30 heavy (non-hydrogen) atoms. The van der Waals surface area contributed by atoms with Gasteiger partial charge in [-0.25, -0.2) is 4.79 Å². The van der Waals surface area contributed by atoms with Crippen molar-refractivity contribution in [3.8, 4) is 0 Å². The number of hydrogen-bond acceptors (Lipinski definition) is 4. The van der Waals surface area contributed by atoms with Crippen molar-refractivity contribution in [3.05, 3.63) is 70.1 Å². The molecule has 2 aliphatic rings. The number of nitrogens with zero attached hydrogens (tertiary/aromatic N) is 3. The van der Waals surface area contributed by atoms with E-state index in [1.165, 1.54) is 4.90 Å². The van der Waals surface area contributed by atoms with Crippen molar-refractivity contribution in [1.82, 2.24) is 19.4 Å². The number of amides is 2. The van der Waals surface area contributed by atoms with Crippen LogP contribution in [0.3, 0.4) is 0 Å². The first-order valence-corrected chi connectivity index (χ1v) is 10.5. The first-order chi connectivity index (χ1) is 14.6. The molecule has 7 heteroatoms. The molecule has 154 valence electrons. The molecule has 1 saturated heterocycles. The zero-order chi connectivity index (χ0) is 20.7. The van der Waals surface area contributed by atoms with Gasteiger partial charge in [0.2, 0.25) is 0 Å². The van der Waals surface area contributed by atoms with Crippen LogP contribution in [-0.2, 0) is 0 Å². The Kier molecular flexibility index (Phi) is 4.75. The van der Waals surface area contributed by atoms with Crippen LogP contribution in [0, 0.1) is 0 Å². The lowest BCUT2D eigenvalue weighted by molar-refractivity contribution is 0.0644. The van der Waals surface area contributed by atoms with Gasteiger partial charge in [0.1, 0.15) is 0 Å². The molecule has 0 saturated carbocycles. The molecule has 0 aliphatic carbocycles. The summed E-state index contributed by atoms with van der Waals surface area (Å²) in [5, 5.41) is 0. The van der Waals surface area contributed by atoms with E-state index in [0.29, 0.717) is 17.7 Å². The molecule has 1 fully saturated rings. The molecule has 2 aromatic carbocycles. The number of aromatic amines is 1. The molecule has 0 unspecified atom stereocenters. The highest BCUT2D eigenvalue weighted by Gasteiger charge is 2.34. The van der Waals surface area contributed by atoms with Crippen LogP contribution < -0.4 is 5.69 Å². The zero-order valence-corrected chi connectivity index (χ0v) is 16.7. The average molecular weight is 404 g/mol. The molecule has 0 radical (unpaired) electrons. The van der Waals surface area contributed by atoms with Crippen LogP contribution in [0.5, 0.6) is 0 Å². The Balaban J connectivity index is 1.16. The Morgan fingerprint density at radius 3 is 2.17 bits per heavy atom. The third kappa shape index (κ3) is 3.15. The maximum Gasteiger partial charge on any atom is 0.326 e. The summed E-state index contributed by atoms with van der Waals surface area (Å²) in [4.78, 5) is 44.0. The molecule has 0 atom stereocenters. The Labute approximate surface area is 173 Å². The van der Waals surface area contributed by atoms with E-state index in [4.69, 9.17) is 0 Å². The van der Waals surface area contributed by atoms with Crippen LogP contribution in [0.1, 0.15) is 46.0 Å². The fourth-order valence-corrected chi connectivity index (χ4v) is 4.73. The lowest BCUT2D eigenvalue weighted by Gasteiger charge is -2.32. The van der Waals surface area contributed by atoms with Crippen LogP contribution >= 0.6 is 0 Å². The number of nitrogens with one attached hydrogen (secondary N) is 1. The number of carbonyl (C=O) groups is 2. The number of aromatic nitrogens is 2. The van der Waals surface area contributed by atoms with Crippen LogP contribution in [-0.4, -0.2) is 57.3 Å². The van der Waals surface area contributed by atoms with E-state index < -0.39 is 0 Å². The fourth-order valence-electron chi connectivity index (χ4n) is 4.73. The normalized spacial score (nSPS) is 17.8. The minimum atomic E-state index is -0.187. The highest BCUT2D eigenvalue weighted by atomic mass is 16.2. The monoisotopic (exact) mass is 404 g/mol. The summed E-state index contributed by atoms with van der Waals surface area (Å²) in [6, 6.07) is 15.0. The second-order valence-electron chi connectivity index (χ2n) is 8.05. The molecule has 3 aromatic rings. The molecule has 2 amide bonds. The van der Waals surface area contributed by atoms with Crippen molar-refractivity contribution >= 4 is 22.8 Å². The van der Waals surface area contributed by atoms with Gasteiger partial charge < -0.3 is 9.88 Å². The van der Waals surface area contributed by atoms with Gasteiger partial charge in [-0.3, -0.25) is 19.1 Å². The van der Waals surface area contributed by atoms with Crippen LogP contribution in [0.4, 0.5) is 0 Å². The summed E-state index contributed by atoms with van der Waals surface area (Å²) < 4.78 is 1.89. The minimum Gasteiger partial charge on any atom is -0.306 e. The van der Waals surface area contributed by atoms with Gasteiger partial charge in [-0.1, -0.05) is 24.3 Å². The third-order valence-corrected chi connectivity index (χ3v) is 6.28. The first-order valence-electron chi connectivity index (χ1n) is 10.5. The summed E-state index contributed by atoms with van der Waals surface area (Å²) >= 11 is 0. The average Bonchev–Trinajstić information content (AvgIpc) is 3.23. The van der Waals surface area contributed by atoms with Crippen LogP contribution in [0.15, 0.2) is 53.3 Å². The second kappa shape index (κ2) is 7.57. The van der Waals surface area contributed by atoms with Crippen LogP contribution in [0.25, 0.3) is 11.0 Å². The summed E-state index contributed by atoms with van der Waals surface area (Å²) in [6.45, 7) is 3.08. The third-order valence-electron chi connectivity index (χ3n) is 6.28. The van der Waals surface area contributed by atoms with Crippen molar-refractivity contribution in [2.75, 3.05) is 26.2 Å². The zero-order valence-electron chi connectivity index (χ0n) is 16.7. The maximum absolute atomic E-state index is 12.5. The quantitative estimate of drug-likeness (QED) is 0.663. The number of fused-ring (bicyclic) bond motifs is 2. The minimum absolute atomic E-state index is 0.0414. The maximum atomic E-state index is 12.5. The Morgan fingerprint density at radius 2 is 1.47 bits per heavy atom. The van der Waals surface area contributed by atoms with E-state index in [2.05, 4.69) is 9.88 Å². The van der Waals surface area contributed by atoms with Gasteiger partial charge in [-0.2, -0.15) is 0 Å². The Morgan fingerprint density at radius 1 is 0.833 bits per heavy atom. The molecule has 7 nitrogen and oxygen atoms in total. The standard InChI is InChI=1S/C23H24N4O3/c28-21-17-6-1-2-7-18(17)22(29)26(21)13-5-12-25-14-10-16(11-15-25)27-20-9-4-3-8-19(20)24-23(27)30/h1-4,6-9,16H,5,10-15H2,(H,24,30). The largest absolute Gasteiger partial charge is 0.326 e. The van der Waals surface area contributed by atoms with E-state index in [9.17, 15) is 14.4 Å². The number of piperidine rings is 1. The van der Waals surface area contributed by atoms with Crippen molar-refractivity contribution in [1.29, 1.82) is 0 Å². The molecule has 1 N–H and O–H groups in total.